The fourth-order valence-corrected chi connectivity index (χ4v) is 5.18. The summed E-state index contributed by atoms with van der Waals surface area (Å²) >= 11 is 0. The van der Waals surface area contributed by atoms with Crippen molar-refractivity contribution in [2.45, 2.75) is 12.3 Å². The Labute approximate surface area is 171 Å². The lowest BCUT2D eigenvalue weighted by atomic mass is 9.68. The van der Waals surface area contributed by atoms with Crippen LogP contribution in [0, 0.1) is 0 Å². The van der Waals surface area contributed by atoms with Crippen molar-refractivity contribution < 1.29 is 10.0 Å². The average molecular weight is 376 g/mol. The lowest BCUT2D eigenvalue weighted by Gasteiger charge is -2.31. The van der Waals surface area contributed by atoms with Crippen LogP contribution in [0.1, 0.15) is 29.2 Å². The standard InChI is InChI=1S/C26H21BO2/c1-3-9-18-21-15-14-17(27(28)29)16-25(21)26(22(18)4-2)23-12-7-5-10-19(23)20-11-6-8-13-24(20)26/h3-16,28-29H,2H2,1H3/b9-3-. The van der Waals surface area contributed by atoms with Crippen LogP contribution < -0.4 is 5.46 Å². The SMILES string of the molecule is C=CC1=C(/C=C\C)c2ccc(B(O)O)cc2C12c1ccccc1-c1ccccc12. The molecule has 2 nitrogen and oxygen atoms in total. The Kier molecular flexibility index (Phi) is 3.99. The van der Waals surface area contributed by atoms with E-state index in [0.717, 1.165) is 22.3 Å². The maximum atomic E-state index is 9.88. The van der Waals surface area contributed by atoms with Gasteiger partial charge in [0.1, 0.15) is 0 Å². The second-order valence-electron chi connectivity index (χ2n) is 7.55. The van der Waals surface area contributed by atoms with Gasteiger partial charge in [0.05, 0.1) is 5.41 Å². The minimum Gasteiger partial charge on any atom is -0.423 e. The summed E-state index contributed by atoms with van der Waals surface area (Å²) in [6, 6.07) is 22.7. The quantitative estimate of drug-likeness (QED) is 0.673. The van der Waals surface area contributed by atoms with E-state index >= 15 is 0 Å². The highest BCUT2D eigenvalue weighted by atomic mass is 16.4. The molecule has 0 heterocycles. The summed E-state index contributed by atoms with van der Waals surface area (Å²) in [7, 11) is -1.51. The second-order valence-corrected chi connectivity index (χ2v) is 7.55. The first kappa shape index (κ1) is 17.9. The van der Waals surface area contributed by atoms with Gasteiger partial charge in [0.2, 0.25) is 0 Å². The van der Waals surface area contributed by atoms with E-state index in [0.29, 0.717) is 5.46 Å². The fraction of sp³-hybridized carbons (Fsp3) is 0.0769. The minimum absolute atomic E-state index is 0.495. The molecule has 2 aliphatic rings. The summed E-state index contributed by atoms with van der Waals surface area (Å²) in [4.78, 5) is 0. The van der Waals surface area contributed by atoms with E-state index < -0.39 is 12.5 Å². The van der Waals surface area contributed by atoms with Gasteiger partial charge < -0.3 is 10.0 Å². The molecule has 0 saturated carbocycles. The van der Waals surface area contributed by atoms with Gasteiger partial charge in [0.15, 0.2) is 0 Å². The first-order chi connectivity index (χ1) is 14.1. The largest absolute Gasteiger partial charge is 0.488 e. The second kappa shape index (κ2) is 6.45. The van der Waals surface area contributed by atoms with Gasteiger partial charge in [-0.1, -0.05) is 91.5 Å². The Balaban J connectivity index is 1.99. The van der Waals surface area contributed by atoms with Crippen molar-refractivity contribution in [2.24, 2.45) is 0 Å². The number of hydrogen-bond acceptors (Lipinski definition) is 2. The summed E-state index contributed by atoms with van der Waals surface area (Å²) in [5.74, 6) is 0. The molecule has 3 heteroatoms. The van der Waals surface area contributed by atoms with Gasteiger partial charge in [0.25, 0.3) is 0 Å². The van der Waals surface area contributed by atoms with Gasteiger partial charge in [0, 0.05) is 0 Å². The zero-order valence-corrected chi connectivity index (χ0v) is 16.3. The molecule has 0 atom stereocenters. The molecule has 0 aromatic heterocycles. The van der Waals surface area contributed by atoms with Crippen LogP contribution in [0.15, 0.2) is 97.1 Å². The predicted molar refractivity (Wildman–Crippen MR) is 120 cm³/mol. The first-order valence-corrected chi connectivity index (χ1v) is 9.84. The zero-order valence-electron chi connectivity index (χ0n) is 16.3. The third-order valence-electron chi connectivity index (χ3n) is 6.22. The molecule has 0 saturated heterocycles. The third kappa shape index (κ3) is 2.20. The first-order valence-electron chi connectivity index (χ1n) is 9.84. The molecule has 1 spiro atoms. The molecule has 0 aliphatic heterocycles. The van der Waals surface area contributed by atoms with Crippen LogP contribution in [0.25, 0.3) is 16.7 Å². The molecular formula is C26H21BO2. The molecule has 2 N–H and O–H groups in total. The van der Waals surface area contributed by atoms with Crippen LogP contribution in [-0.2, 0) is 5.41 Å². The molecular weight excluding hydrogens is 355 g/mol. The Hall–Kier alpha value is -3.14. The number of hydrogen-bond donors (Lipinski definition) is 2. The smallest absolute Gasteiger partial charge is 0.423 e. The Morgan fingerprint density at radius 1 is 0.828 bits per heavy atom. The van der Waals surface area contributed by atoms with Crippen LogP contribution in [0.3, 0.4) is 0 Å². The highest BCUT2D eigenvalue weighted by molar-refractivity contribution is 6.58. The molecule has 0 radical (unpaired) electrons. The maximum absolute atomic E-state index is 9.88. The summed E-state index contributed by atoms with van der Waals surface area (Å²) in [5, 5.41) is 19.8. The molecule has 29 heavy (non-hydrogen) atoms. The zero-order chi connectivity index (χ0) is 20.2. The minimum atomic E-state index is -1.51. The van der Waals surface area contributed by atoms with E-state index in [2.05, 4.69) is 61.2 Å². The number of benzene rings is 3. The van der Waals surface area contributed by atoms with Crippen LogP contribution in [-0.4, -0.2) is 17.2 Å². The van der Waals surface area contributed by atoms with Crippen molar-refractivity contribution in [3.63, 3.8) is 0 Å². The van der Waals surface area contributed by atoms with Gasteiger partial charge in [-0.15, -0.1) is 0 Å². The predicted octanol–water partition coefficient (Wildman–Crippen LogP) is 4.21. The summed E-state index contributed by atoms with van der Waals surface area (Å²) in [6.45, 7) is 6.20. The fourth-order valence-electron chi connectivity index (χ4n) is 5.18. The summed E-state index contributed by atoms with van der Waals surface area (Å²) in [5.41, 5.74) is 9.27. The van der Waals surface area contributed by atoms with Crippen LogP contribution >= 0.6 is 0 Å². The van der Waals surface area contributed by atoms with Gasteiger partial charge in [-0.2, -0.15) is 0 Å². The van der Waals surface area contributed by atoms with E-state index in [4.69, 9.17) is 0 Å². The van der Waals surface area contributed by atoms with Crippen molar-refractivity contribution in [1.29, 1.82) is 0 Å². The number of rotatable bonds is 3. The molecule has 0 bridgehead atoms. The normalized spacial score (nSPS) is 15.6. The Morgan fingerprint density at radius 2 is 1.45 bits per heavy atom. The van der Waals surface area contributed by atoms with E-state index in [-0.39, 0.29) is 0 Å². The number of fused-ring (bicyclic) bond motifs is 7. The lowest BCUT2D eigenvalue weighted by molar-refractivity contribution is 0.425. The van der Waals surface area contributed by atoms with E-state index in [1.165, 1.54) is 22.3 Å². The van der Waals surface area contributed by atoms with Crippen molar-refractivity contribution in [2.75, 3.05) is 0 Å². The van der Waals surface area contributed by atoms with Crippen molar-refractivity contribution in [3.05, 3.63) is 119 Å². The molecule has 5 rings (SSSR count). The van der Waals surface area contributed by atoms with E-state index in [9.17, 15) is 10.0 Å². The topological polar surface area (TPSA) is 40.5 Å². The highest BCUT2D eigenvalue weighted by Gasteiger charge is 2.51. The van der Waals surface area contributed by atoms with Crippen molar-refractivity contribution in [3.8, 4) is 11.1 Å². The maximum Gasteiger partial charge on any atom is 0.488 e. The molecule has 0 unspecified atom stereocenters. The van der Waals surface area contributed by atoms with Crippen LogP contribution in [0.5, 0.6) is 0 Å². The summed E-state index contributed by atoms with van der Waals surface area (Å²) in [6.07, 6.45) is 6.13. The molecule has 3 aromatic rings. The van der Waals surface area contributed by atoms with Crippen LogP contribution in [0.2, 0.25) is 0 Å². The molecule has 3 aromatic carbocycles. The number of allylic oxidation sites excluding steroid dienone is 5. The lowest BCUT2D eigenvalue weighted by Crippen LogP contribution is -2.33. The van der Waals surface area contributed by atoms with Crippen molar-refractivity contribution in [1.82, 2.24) is 0 Å². The average Bonchev–Trinajstić information content (AvgIpc) is 3.20. The highest BCUT2D eigenvalue weighted by Crippen LogP contribution is 2.61. The molecule has 0 fully saturated rings. The van der Waals surface area contributed by atoms with Gasteiger partial charge in [-0.05, 0) is 56.9 Å². The summed E-state index contributed by atoms with van der Waals surface area (Å²) < 4.78 is 0. The monoisotopic (exact) mass is 376 g/mol. The van der Waals surface area contributed by atoms with E-state index in [1.807, 2.05) is 31.2 Å². The molecule has 2 aliphatic carbocycles. The molecule has 0 amide bonds. The molecule has 140 valence electrons. The Bertz CT molecular complexity index is 1170. The van der Waals surface area contributed by atoms with Gasteiger partial charge in [-0.25, -0.2) is 0 Å². The Morgan fingerprint density at radius 3 is 2.00 bits per heavy atom. The van der Waals surface area contributed by atoms with Crippen LogP contribution in [0.4, 0.5) is 0 Å². The van der Waals surface area contributed by atoms with Gasteiger partial charge in [-0.3, -0.25) is 0 Å². The van der Waals surface area contributed by atoms with E-state index in [1.54, 1.807) is 6.07 Å². The van der Waals surface area contributed by atoms with Gasteiger partial charge >= 0.3 is 7.12 Å². The third-order valence-corrected chi connectivity index (χ3v) is 6.22. The van der Waals surface area contributed by atoms with Crippen molar-refractivity contribution >= 4 is 18.2 Å².